The van der Waals surface area contributed by atoms with Crippen molar-refractivity contribution >= 4 is 11.9 Å². The van der Waals surface area contributed by atoms with Gasteiger partial charge >= 0.3 is 5.97 Å². The molecule has 8 heteroatoms. The van der Waals surface area contributed by atoms with Crippen LogP contribution in [0.2, 0.25) is 0 Å². The number of halogens is 1. The maximum absolute atomic E-state index is 13.6. The maximum Gasteiger partial charge on any atom is 0.335 e. The van der Waals surface area contributed by atoms with Crippen molar-refractivity contribution in [3.05, 3.63) is 65.5 Å². The maximum atomic E-state index is 13.6. The van der Waals surface area contributed by atoms with E-state index in [-0.39, 0.29) is 29.4 Å². The smallest absolute Gasteiger partial charge is 0.335 e. The Morgan fingerprint density at radius 3 is 2.61 bits per heavy atom. The van der Waals surface area contributed by atoms with Crippen LogP contribution in [0.15, 0.2) is 48.5 Å². The van der Waals surface area contributed by atoms with Gasteiger partial charge in [0.1, 0.15) is 23.2 Å². The van der Waals surface area contributed by atoms with Gasteiger partial charge in [0.2, 0.25) is 5.91 Å². The Bertz CT molecular complexity index is 991. The van der Waals surface area contributed by atoms with Crippen LogP contribution in [-0.4, -0.2) is 59.8 Å². The monoisotopic (exact) mass is 456 g/mol. The predicted molar refractivity (Wildman–Crippen MR) is 120 cm³/mol. The minimum atomic E-state index is -0.983. The number of amides is 1. The molecule has 33 heavy (non-hydrogen) atoms. The molecule has 2 fully saturated rings. The Balaban J connectivity index is 1.45. The van der Waals surface area contributed by atoms with Crippen LogP contribution in [0.1, 0.15) is 48.1 Å². The van der Waals surface area contributed by atoms with Gasteiger partial charge in [-0.25, -0.2) is 9.18 Å². The van der Waals surface area contributed by atoms with Crippen LogP contribution in [0.25, 0.3) is 0 Å². The number of ether oxygens (including phenoxy) is 2. The summed E-state index contributed by atoms with van der Waals surface area (Å²) < 4.78 is 25.1. The molecule has 1 amide bonds. The van der Waals surface area contributed by atoms with Crippen molar-refractivity contribution in [2.45, 2.75) is 43.9 Å². The third-order valence-electron chi connectivity index (χ3n) is 6.60. The number of aromatic carboxylic acids is 1. The third-order valence-corrected chi connectivity index (χ3v) is 6.60. The van der Waals surface area contributed by atoms with Crippen LogP contribution in [0, 0.1) is 5.82 Å². The first-order chi connectivity index (χ1) is 15.9. The molecule has 2 aliphatic heterocycles. The van der Waals surface area contributed by atoms with E-state index in [1.54, 1.807) is 36.4 Å². The summed E-state index contributed by atoms with van der Waals surface area (Å²) >= 11 is 0. The number of likely N-dealkylation sites (tertiary alicyclic amines) is 1. The molecule has 2 saturated heterocycles. The summed E-state index contributed by atoms with van der Waals surface area (Å²) in [5.41, 5.74) is 0.344. The van der Waals surface area contributed by atoms with E-state index in [0.29, 0.717) is 44.9 Å². The number of nitrogens with zero attached hydrogens (tertiary/aromatic N) is 1. The minimum absolute atomic E-state index is 0.0629. The van der Waals surface area contributed by atoms with Crippen LogP contribution in [0.3, 0.4) is 0 Å². The molecular formula is C25H29FN2O5. The molecule has 2 N–H and O–H groups in total. The van der Waals surface area contributed by atoms with E-state index in [1.165, 1.54) is 12.1 Å². The van der Waals surface area contributed by atoms with E-state index in [2.05, 4.69) is 10.2 Å². The highest BCUT2D eigenvalue weighted by Crippen LogP contribution is 2.33. The Kier molecular flexibility index (Phi) is 6.95. The number of carboxylic acid groups (broad SMARTS) is 1. The minimum Gasteiger partial charge on any atom is -0.489 e. The third kappa shape index (κ3) is 5.17. The number of hydrogen-bond donors (Lipinski definition) is 2. The second-order valence-electron chi connectivity index (χ2n) is 8.70. The first-order valence-corrected chi connectivity index (χ1v) is 11.3. The SMILES string of the molecule is CC(NC(=O)C1(N2CC[C@@H](Oc3cccc(F)c3)C2)CCOCC1)c1ccc(C(=O)O)cc1. The van der Waals surface area contributed by atoms with Crippen molar-refractivity contribution in [3.63, 3.8) is 0 Å². The summed E-state index contributed by atoms with van der Waals surface area (Å²) in [7, 11) is 0. The van der Waals surface area contributed by atoms with Crippen molar-refractivity contribution < 1.29 is 28.6 Å². The molecule has 2 atom stereocenters. The molecule has 0 bridgehead atoms. The van der Waals surface area contributed by atoms with E-state index in [4.69, 9.17) is 14.6 Å². The van der Waals surface area contributed by atoms with Crippen molar-refractivity contribution in [2.75, 3.05) is 26.3 Å². The summed E-state index contributed by atoms with van der Waals surface area (Å²) in [6.07, 6.45) is 1.78. The fraction of sp³-hybridized carbons (Fsp3) is 0.440. The zero-order chi connectivity index (χ0) is 23.4. The highest BCUT2D eigenvalue weighted by Gasteiger charge is 2.48. The number of carboxylic acids is 1. The molecule has 2 aromatic rings. The molecule has 1 unspecified atom stereocenters. The Labute approximate surface area is 192 Å². The molecule has 2 aromatic carbocycles. The largest absolute Gasteiger partial charge is 0.489 e. The van der Waals surface area contributed by atoms with E-state index >= 15 is 0 Å². The first kappa shape index (κ1) is 23.2. The molecule has 0 aromatic heterocycles. The quantitative estimate of drug-likeness (QED) is 0.664. The molecule has 7 nitrogen and oxygen atoms in total. The number of carbonyl (C=O) groups excluding carboxylic acids is 1. The van der Waals surface area contributed by atoms with Crippen LogP contribution < -0.4 is 10.1 Å². The standard InChI is InChI=1S/C25H29FN2O5/c1-17(18-5-7-19(8-6-18)23(29)30)27-24(31)25(10-13-32-14-11-25)28-12-9-22(16-28)33-21-4-2-3-20(26)15-21/h2-8,15,17,22H,9-14,16H2,1H3,(H,27,31)(H,29,30)/t17?,22-/m1/s1. The van der Waals surface area contributed by atoms with Crippen molar-refractivity contribution in [3.8, 4) is 5.75 Å². The second-order valence-corrected chi connectivity index (χ2v) is 8.70. The highest BCUT2D eigenvalue weighted by molar-refractivity contribution is 5.88. The molecule has 2 aliphatic rings. The lowest BCUT2D eigenvalue weighted by Crippen LogP contribution is -2.61. The molecule has 0 saturated carbocycles. The molecule has 176 valence electrons. The molecule has 0 spiro atoms. The van der Waals surface area contributed by atoms with Gasteiger partial charge in [0.25, 0.3) is 0 Å². The van der Waals surface area contributed by atoms with Crippen molar-refractivity contribution in [2.24, 2.45) is 0 Å². The zero-order valence-corrected chi connectivity index (χ0v) is 18.6. The number of benzene rings is 2. The van der Waals surface area contributed by atoms with E-state index < -0.39 is 11.5 Å². The normalized spacial score (nSPS) is 21.3. The summed E-state index contributed by atoms with van der Waals surface area (Å²) in [5, 5.41) is 12.2. The first-order valence-electron chi connectivity index (χ1n) is 11.3. The average molecular weight is 457 g/mol. The number of carbonyl (C=O) groups is 2. The topological polar surface area (TPSA) is 88.1 Å². The lowest BCUT2D eigenvalue weighted by atomic mass is 9.86. The second kappa shape index (κ2) is 9.89. The van der Waals surface area contributed by atoms with Gasteiger partial charge in [-0.05, 0) is 56.0 Å². The lowest BCUT2D eigenvalue weighted by Gasteiger charge is -2.43. The number of nitrogens with one attached hydrogen (secondary N) is 1. The van der Waals surface area contributed by atoms with Gasteiger partial charge in [-0.1, -0.05) is 18.2 Å². The van der Waals surface area contributed by atoms with Gasteiger partial charge in [0, 0.05) is 32.4 Å². The summed E-state index contributed by atoms with van der Waals surface area (Å²) in [5.74, 6) is -0.894. The lowest BCUT2D eigenvalue weighted by molar-refractivity contribution is -0.140. The Morgan fingerprint density at radius 1 is 1.21 bits per heavy atom. The summed E-state index contributed by atoms with van der Waals surface area (Å²) in [6, 6.07) is 12.4. The van der Waals surface area contributed by atoms with E-state index in [9.17, 15) is 14.0 Å². The van der Waals surface area contributed by atoms with Crippen molar-refractivity contribution in [1.29, 1.82) is 0 Å². The average Bonchev–Trinajstić information content (AvgIpc) is 3.28. The van der Waals surface area contributed by atoms with Crippen molar-refractivity contribution in [1.82, 2.24) is 10.2 Å². The predicted octanol–water partition coefficient (Wildman–Crippen LogP) is 3.40. The van der Waals surface area contributed by atoms with Gasteiger partial charge in [0.15, 0.2) is 0 Å². The molecule has 0 aliphatic carbocycles. The molecule has 4 rings (SSSR count). The fourth-order valence-corrected chi connectivity index (χ4v) is 4.67. The van der Waals surface area contributed by atoms with Crippen LogP contribution in [-0.2, 0) is 9.53 Å². The highest BCUT2D eigenvalue weighted by atomic mass is 19.1. The Hall–Kier alpha value is -2.97. The fourth-order valence-electron chi connectivity index (χ4n) is 4.67. The van der Waals surface area contributed by atoms with Gasteiger partial charge in [0.05, 0.1) is 11.6 Å². The van der Waals surface area contributed by atoms with Gasteiger partial charge in [-0.2, -0.15) is 0 Å². The molecule has 0 radical (unpaired) electrons. The van der Waals surface area contributed by atoms with E-state index in [1.807, 2.05) is 6.92 Å². The Morgan fingerprint density at radius 2 is 1.94 bits per heavy atom. The summed E-state index contributed by atoms with van der Waals surface area (Å²) in [6.45, 7) is 4.17. The van der Waals surface area contributed by atoms with Gasteiger partial charge < -0.3 is 19.9 Å². The van der Waals surface area contributed by atoms with E-state index in [0.717, 1.165) is 12.0 Å². The number of rotatable bonds is 7. The number of hydrogen-bond acceptors (Lipinski definition) is 5. The van der Waals surface area contributed by atoms with Gasteiger partial charge in [-0.3, -0.25) is 9.69 Å². The molecule has 2 heterocycles. The van der Waals surface area contributed by atoms with Gasteiger partial charge in [-0.15, -0.1) is 0 Å². The zero-order valence-electron chi connectivity index (χ0n) is 18.6. The summed E-state index contributed by atoms with van der Waals surface area (Å²) in [4.78, 5) is 26.9. The van der Waals surface area contributed by atoms with Crippen LogP contribution >= 0.6 is 0 Å². The molecular weight excluding hydrogens is 427 g/mol. The van der Waals surface area contributed by atoms with Crippen LogP contribution in [0.4, 0.5) is 4.39 Å². The van der Waals surface area contributed by atoms with Crippen LogP contribution in [0.5, 0.6) is 5.75 Å².